The number of aromatic nitrogens is 2. The Labute approximate surface area is 169 Å². The zero-order chi connectivity index (χ0) is 20.9. The molecule has 1 aromatic heterocycles. The smallest absolute Gasteiger partial charge is 0.236 e. The Bertz CT molecular complexity index is 1090. The van der Waals surface area contributed by atoms with Gasteiger partial charge in [0.05, 0.1) is 5.75 Å². The molecule has 0 saturated carbocycles. The van der Waals surface area contributed by atoms with Gasteiger partial charge in [-0.05, 0) is 55.8 Å². The van der Waals surface area contributed by atoms with E-state index in [2.05, 4.69) is 25.3 Å². The Hall–Kier alpha value is -3.20. The van der Waals surface area contributed by atoms with E-state index in [4.69, 9.17) is 0 Å². The summed E-state index contributed by atoms with van der Waals surface area (Å²) in [6, 6.07) is 14.1. The molecule has 3 aromatic rings. The van der Waals surface area contributed by atoms with Crippen LogP contribution in [-0.2, 0) is 15.8 Å². The molecule has 3 rings (SSSR count). The van der Waals surface area contributed by atoms with Crippen LogP contribution in [0.5, 0.6) is 0 Å². The van der Waals surface area contributed by atoms with Gasteiger partial charge in [-0.2, -0.15) is 4.98 Å². The number of nitrogens with one attached hydrogen (secondary N) is 3. The van der Waals surface area contributed by atoms with Gasteiger partial charge in [-0.15, -0.1) is 0 Å². The van der Waals surface area contributed by atoms with Crippen LogP contribution in [0.3, 0.4) is 0 Å². The van der Waals surface area contributed by atoms with Crippen LogP contribution in [0.25, 0.3) is 0 Å². The summed E-state index contributed by atoms with van der Waals surface area (Å²) in [4.78, 5) is 8.68. The molecule has 7 nitrogen and oxygen atoms in total. The molecule has 0 bridgehead atoms. The summed E-state index contributed by atoms with van der Waals surface area (Å²) in [7, 11) is -3.66. The highest BCUT2D eigenvalue weighted by molar-refractivity contribution is 7.91. The van der Waals surface area contributed by atoms with Crippen molar-refractivity contribution < 1.29 is 12.8 Å². The maximum absolute atomic E-state index is 13.3. The Morgan fingerprint density at radius 3 is 2.41 bits per heavy atom. The highest BCUT2D eigenvalue weighted by Crippen LogP contribution is 2.20. The lowest BCUT2D eigenvalue weighted by Gasteiger charge is -2.11. The summed E-state index contributed by atoms with van der Waals surface area (Å²) >= 11 is 0. The second kappa shape index (κ2) is 8.87. The molecular weight excluding hydrogens is 393 g/mol. The van der Waals surface area contributed by atoms with E-state index in [1.165, 1.54) is 18.2 Å². The zero-order valence-corrected chi connectivity index (χ0v) is 16.9. The summed E-state index contributed by atoms with van der Waals surface area (Å²) in [5.74, 6) is 0.396. The van der Waals surface area contributed by atoms with Crippen LogP contribution in [0.2, 0.25) is 0 Å². The number of rotatable bonds is 8. The first-order valence-corrected chi connectivity index (χ1v) is 10.7. The first kappa shape index (κ1) is 20.5. The van der Waals surface area contributed by atoms with Gasteiger partial charge >= 0.3 is 0 Å². The van der Waals surface area contributed by atoms with E-state index in [0.29, 0.717) is 29.6 Å². The SMILES string of the molecule is CCNc1nc(C)cc(Nc2ccc(NS(=O)(=O)Cc3cccc(F)c3)cc2)n1. The van der Waals surface area contributed by atoms with Crippen molar-refractivity contribution in [3.63, 3.8) is 0 Å². The summed E-state index contributed by atoms with van der Waals surface area (Å²) in [5.41, 5.74) is 2.37. The van der Waals surface area contributed by atoms with Crippen molar-refractivity contribution >= 4 is 33.2 Å². The monoisotopic (exact) mass is 415 g/mol. The molecule has 3 N–H and O–H groups in total. The minimum Gasteiger partial charge on any atom is -0.354 e. The third-order valence-corrected chi connectivity index (χ3v) is 5.13. The molecule has 2 aromatic carbocycles. The van der Waals surface area contributed by atoms with Crippen molar-refractivity contribution in [3.8, 4) is 0 Å². The molecule has 0 unspecified atom stereocenters. The average Bonchev–Trinajstić information content (AvgIpc) is 2.62. The van der Waals surface area contributed by atoms with Gasteiger partial charge in [0.15, 0.2) is 0 Å². The Morgan fingerprint density at radius 2 is 1.72 bits per heavy atom. The van der Waals surface area contributed by atoms with Crippen LogP contribution in [0.1, 0.15) is 18.2 Å². The molecule has 1 heterocycles. The van der Waals surface area contributed by atoms with E-state index in [-0.39, 0.29) is 5.75 Å². The maximum atomic E-state index is 13.3. The molecule has 0 radical (unpaired) electrons. The minimum atomic E-state index is -3.66. The lowest BCUT2D eigenvalue weighted by molar-refractivity contribution is 0.599. The lowest BCUT2D eigenvalue weighted by Crippen LogP contribution is -2.15. The van der Waals surface area contributed by atoms with Gasteiger partial charge in [-0.3, -0.25) is 4.72 Å². The first-order chi connectivity index (χ1) is 13.8. The minimum absolute atomic E-state index is 0.307. The first-order valence-electron chi connectivity index (χ1n) is 9.04. The molecule has 0 atom stereocenters. The van der Waals surface area contributed by atoms with E-state index in [9.17, 15) is 12.8 Å². The van der Waals surface area contributed by atoms with Crippen LogP contribution < -0.4 is 15.4 Å². The standard InChI is InChI=1S/C20H22FN5O2S/c1-3-22-20-23-14(2)11-19(25-20)24-17-7-9-18(10-8-17)26-29(27,28)13-15-5-4-6-16(21)12-15/h4-12,26H,3,13H2,1-2H3,(H2,22,23,24,25). The highest BCUT2D eigenvalue weighted by Gasteiger charge is 2.12. The number of aryl methyl sites for hydroxylation is 1. The third kappa shape index (κ3) is 6.15. The normalized spacial score (nSPS) is 11.1. The molecule has 0 aliphatic rings. The fraction of sp³-hybridized carbons (Fsp3) is 0.200. The number of nitrogens with zero attached hydrogens (tertiary/aromatic N) is 2. The van der Waals surface area contributed by atoms with Gasteiger partial charge in [0.2, 0.25) is 16.0 Å². The molecule has 0 fully saturated rings. The quantitative estimate of drug-likeness (QED) is 0.514. The molecule has 0 aliphatic heterocycles. The third-order valence-electron chi connectivity index (χ3n) is 3.87. The van der Waals surface area contributed by atoms with Crippen molar-refractivity contribution in [3.05, 3.63) is 71.7 Å². The molecule has 0 aliphatic carbocycles. The number of sulfonamides is 1. The van der Waals surface area contributed by atoms with Crippen LogP contribution in [-0.4, -0.2) is 24.9 Å². The second-order valence-electron chi connectivity index (χ2n) is 6.44. The predicted octanol–water partition coefficient (Wildman–Crippen LogP) is 4.04. The summed E-state index contributed by atoms with van der Waals surface area (Å²) < 4.78 is 40.4. The van der Waals surface area contributed by atoms with Gasteiger partial charge in [0, 0.05) is 29.7 Å². The van der Waals surface area contributed by atoms with Crippen LogP contribution in [0, 0.1) is 12.7 Å². The summed E-state index contributed by atoms with van der Waals surface area (Å²) in [6.45, 7) is 4.56. The topological polar surface area (TPSA) is 96.0 Å². The van der Waals surface area contributed by atoms with E-state index in [1.807, 2.05) is 19.9 Å². The van der Waals surface area contributed by atoms with Crippen molar-refractivity contribution in [1.29, 1.82) is 0 Å². The van der Waals surface area contributed by atoms with E-state index in [0.717, 1.165) is 11.4 Å². The van der Waals surface area contributed by atoms with Crippen molar-refractivity contribution in [2.75, 3.05) is 21.9 Å². The van der Waals surface area contributed by atoms with Crippen molar-refractivity contribution in [2.45, 2.75) is 19.6 Å². The van der Waals surface area contributed by atoms with E-state index >= 15 is 0 Å². The van der Waals surface area contributed by atoms with Gasteiger partial charge < -0.3 is 10.6 Å². The predicted molar refractivity (Wildman–Crippen MR) is 113 cm³/mol. The Morgan fingerprint density at radius 1 is 1.00 bits per heavy atom. The van der Waals surface area contributed by atoms with Gasteiger partial charge in [0.25, 0.3) is 0 Å². The average molecular weight is 415 g/mol. The number of benzene rings is 2. The fourth-order valence-electron chi connectivity index (χ4n) is 2.70. The second-order valence-corrected chi connectivity index (χ2v) is 8.16. The summed E-state index contributed by atoms with van der Waals surface area (Å²) in [6.07, 6.45) is 0. The number of hydrogen-bond acceptors (Lipinski definition) is 6. The summed E-state index contributed by atoms with van der Waals surface area (Å²) in [5, 5.41) is 6.24. The van der Waals surface area contributed by atoms with Crippen LogP contribution >= 0.6 is 0 Å². The molecule has 152 valence electrons. The zero-order valence-electron chi connectivity index (χ0n) is 16.1. The highest BCUT2D eigenvalue weighted by atomic mass is 32.2. The fourth-order valence-corrected chi connectivity index (χ4v) is 3.89. The Kier molecular flexibility index (Phi) is 6.28. The van der Waals surface area contributed by atoms with Crippen molar-refractivity contribution in [2.24, 2.45) is 0 Å². The van der Waals surface area contributed by atoms with Gasteiger partial charge in [-0.25, -0.2) is 17.8 Å². The number of halogens is 1. The molecular formula is C20H22FN5O2S. The van der Waals surface area contributed by atoms with Crippen LogP contribution in [0.15, 0.2) is 54.6 Å². The van der Waals surface area contributed by atoms with E-state index < -0.39 is 15.8 Å². The largest absolute Gasteiger partial charge is 0.354 e. The molecule has 9 heteroatoms. The Balaban J connectivity index is 1.67. The molecule has 29 heavy (non-hydrogen) atoms. The molecule has 0 saturated heterocycles. The van der Waals surface area contributed by atoms with Gasteiger partial charge in [-0.1, -0.05) is 12.1 Å². The number of hydrogen-bond donors (Lipinski definition) is 3. The van der Waals surface area contributed by atoms with E-state index in [1.54, 1.807) is 30.3 Å². The van der Waals surface area contributed by atoms with Crippen LogP contribution in [0.4, 0.5) is 27.5 Å². The lowest BCUT2D eigenvalue weighted by atomic mass is 10.2. The van der Waals surface area contributed by atoms with Crippen molar-refractivity contribution in [1.82, 2.24) is 9.97 Å². The maximum Gasteiger partial charge on any atom is 0.236 e. The number of anilines is 4. The van der Waals surface area contributed by atoms with Gasteiger partial charge in [0.1, 0.15) is 11.6 Å². The molecule has 0 amide bonds. The molecule has 0 spiro atoms.